The average Bonchev–Trinajstić information content (AvgIpc) is 3.44. The molecule has 3 aromatic rings. The first kappa shape index (κ1) is 18.8. The SMILES string of the molecule is O=C(CCc1cccs1)N1CCN(CCc2nnc(-c3ccccc3)o2)CC1. The number of hydrogen-bond acceptors (Lipinski definition) is 6. The number of nitrogens with zero attached hydrogens (tertiary/aromatic N) is 4. The summed E-state index contributed by atoms with van der Waals surface area (Å²) in [5.74, 6) is 1.49. The van der Waals surface area contributed by atoms with Gasteiger partial charge >= 0.3 is 0 Å². The number of hydrogen-bond donors (Lipinski definition) is 0. The monoisotopic (exact) mass is 396 g/mol. The predicted molar refractivity (Wildman–Crippen MR) is 109 cm³/mol. The third-order valence-corrected chi connectivity index (χ3v) is 5.96. The molecule has 0 aliphatic carbocycles. The van der Waals surface area contributed by atoms with E-state index in [1.807, 2.05) is 41.3 Å². The van der Waals surface area contributed by atoms with Gasteiger partial charge in [-0.25, -0.2) is 0 Å². The third-order valence-electron chi connectivity index (χ3n) is 5.02. The van der Waals surface area contributed by atoms with Gasteiger partial charge < -0.3 is 9.32 Å². The van der Waals surface area contributed by atoms with Crippen LogP contribution in [0, 0.1) is 0 Å². The Balaban J connectivity index is 1.19. The van der Waals surface area contributed by atoms with Crippen molar-refractivity contribution >= 4 is 17.2 Å². The zero-order valence-electron chi connectivity index (χ0n) is 15.8. The van der Waals surface area contributed by atoms with Crippen LogP contribution in [0.25, 0.3) is 11.5 Å². The minimum atomic E-state index is 0.262. The van der Waals surface area contributed by atoms with Crippen molar-refractivity contribution in [1.29, 1.82) is 0 Å². The highest BCUT2D eigenvalue weighted by atomic mass is 32.1. The molecule has 7 heteroatoms. The number of aryl methyl sites for hydroxylation is 1. The number of carbonyl (C=O) groups is 1. The van der Waals surface area contributed by atoms with Crippen molar-refractivity contribution in [3.8, 4) is 11.5 Å². The standard InChI is InChI=1S/C21H24N4O2S/c26-20(9-8-18-7-4-16-28-18)25-14-12-24(13-15-25)11-10-19-22-23-21(27-19)17-5-2-1-3-6-17/h1-7,16H,8-15H2. The van der Waals surface area contributed by atoms with E-state index in [-0.39, 0.29) is 5.91 Å². The van der Waals surface area contributed by atoms with Crippen LogP contribution in [0.4, 0.5) is 0 Å². The van der Waals surface area contributed by atoms with E-state index in [4.69, 9.17) is 4.42 Å². The van der Waals surface area contributed by atoms with Crippen LogP contribution >= 0.6 is 11.3 Å². The normalized spacial score (nSPS) is 15.1. The molecule has 0 bridgehead atoms. The minimum absolute atomic E-state index is 0.262. The molecule has 2 aromatic heterocycles. The van der Waals surface area contributed by atoms with E-state index in [1.165, 1.54) is 4.88 Å². The average molecular weight is 397 g/mol. The van der Waals surface area contributed by atoms with E-state index in [2.05, 4.69) is 26.5 Å². The summed E-state index contributed by atoms with van der Waals surface area (Å²) in [7, 11) is 0. The molecular formula is C21H24N4O2S. The zero-order chi connectivity index (χ0) is 19.2. The van der Waals surface area contributed by atoms with Gasteiger partial charge in [-0.1, -0.05) is 24.3 Å². The molecule has 4 rings (SSSR count). The van der Waals surface area contributed by atoms with E-state index in [1.54, 1.807) is 11.3 Å². The van der Waals surface area contributed by atoms with Crippen LogP contribution in [0.2, 0.25) is 0 Å². The van der Waals surface area contributed by atoms with Crippen LogP contribution in [0.15, 0.2) is 52.3 Å². The first-order valence-electron chi connectivity index (χ1n) is 9.68. The lowest BCUT2D eigenvalue weighted by Crippen LogP contribution is -2.49. The lowest BCUT2D eigenvalue weighted by Gasteiger charge is -2.34. The van der Waals surface area contributed by atoms with Crippen LogP contribution in [0.1, 0.15) is 17.2 Å². The summed E-state index contributed by atoms with van der Waals surface area (Å²) >= 11 is 1.72. The Morgan fingerprint density at radius 1 is 1.00 bits per heavy atom. The lowest BCUT2D eigenvalue weighted by atomic mass is 10.2. The second-order valence-electron chi connectivity index (χ2n) is 6.92. The van der Waals surface area contributed by atoms with Gasteiger partial charge in [-0.3, -0.25) is 9.69 Å². The number of amides is 1. The molecule has 0 unspecified atom stereocenters. The van der Waals surface area contributed by atoms with Crippen molar-refractivity contribution in [2.45, 2.75) is 19.3 Å². The minimum Gasteiger partial charge on any atom is -0.421 e. The van der Waals surface area contributed by atoms with Gasteiger partial charge in [-0.2, -0.15) is 0 Å². The Labute approximate surface area is 168 Å². The summed E-state index contributed by atoms with van der Waals surface area (Å²) in [5.41, 5.74) is 0.941. The second-order valence-corrected chi connectivity index (χ2v) is 7.95. The van der Waals surface area contributed by atoms with Crippen LogP contribution in [-0.4, -0.2) is 58.6 Å². The molecule has 1 saturated heterocycles. The van der Waals surface area contributed by atoms with Crippen molar-refractivity contribution in [1.82, 2.24) is 20.0 Å². The topological polar surface area (TPSA) is 62.5 Å². The number of benzene rings is 1. The molecule has 1 aliphatic heterocycles. The zero-order valence-corrected chi connectivity index (χ0v) is 16.6. The summed E-state index contributed by atoms with van der Waals surface area (Å²) in [6.07, 6.45) is 2.18. The van der Waals surface area contributed by atoms with Gasteiger partial charge in [0.05, 0.1) is 0 Å². The van der Waals surface area contributed by atoms with E-state index >= 15 is 0 Å². The fraction of sp³-hybridized carbons (Fsp3) is 0.381. The van der Waals surface area contributed by atoms with Gasteiger partial charge in [0.15, 0.2) is 0 Å². The summed E-state index contributed by atoms with van der Waals surface area (Å²) in [6, 6.07) is 13.9. The quantitative estimate of drug-likeness (QED) is 0.614. The Hall–Kier alpha value is -2.51. The first-order valence-corrected chi connectivity index (χ1v) is 10.6. The number of thiophene rings is 1. The number of carbonyl (C=O) groups excluding carboxylic acids is 1. The van der Waals surface area contributed by atoms with E-state index in [9.17, 15) is 4.79 Å². The van der Waals surface area contributed by atoms with Gasteiger partial charge in [0.25, 0.3) is 0 Å². The largest absolute Gasteiger partial charge is 0.421 e. The molecule has 1 aliphatic rings. The van der Waals surface area contributed by atoms with Gasteiger partial charge in [0, 0.05) is 56.0 Å². The van der Waals surface area contributed by atoms with Crippen molar-refractivity contribution in [3.05, 3.63) is 58.6 Å². The Bertz CT molecular complexity index is 871. The molecule has 1 fully saturated rings. The maximum atomic E-state index is 12.4. The van der Waals surface area contributed by atoms with Crippen molar-refractivity contribution in [2.24, 2.45) is 0 Å². The molecule has 1 amide bonds. The third kappa shape index (κ3) is 4.85. The van der Waals surface area contributed by atoms with Gasteiger partial charge in [0.2, 0.25) is 17.7 Å². The van der Waals surface area contributed by atoms with Crippen LogP contribution in [-0.2, 0) is 17.6 Å². The van der Waals surface area contributed by atoms with E-state index < -0.39 is 0 Å². The van der Waals surface area contributed by atoms with Crippen molar-refractivity contribution in [2.75, 3.05) is 32.7 Å². The van der Waals surface area contributed by atoms with Gasteiger partial charge in [-0.05, 0) is 30.0 Å². The molecule has 0 spiro atoms. The summed E-state index contributed by atoms with van der Waals surface area (Å²) in [5, 5.41) is 10.4. The Morgan fingerprint density at radius 2 is 1.82 bits per heavy atom. The second kappa shape index (κ2) is 9.12. The lowest BCUT2D eigenvalue weighted by molar-refractivity contribution is -0.132. The summed E-state index contributed by atoms with van der Waals surface area (Å²) in [6.45, 7) is 4.24. The smallest absolute Gasteiger partial charge is 0.247 e. The summed E-state index contributed by atoms with van der Waals surface area (Å²) in [4.78, 5) is 18.0. The number of rotatable bonds is 7. The van der Waals surface area contributed by atoms with E-state index in [0.29, 0.717) is 18.2 Å². The number of aromatic nitrogens is 2. The molecule has 0 N–H and O–H groups in total. The van der Waals surface area contributed by atoms with Gasteiger partial charge in [-0.15, -0.1) is 21.5 Å². The fourth-order valence-electron chi connectivity index (χ4n) is 3.37. The Morgan fingerprint density at radius 3 is 2.57 bits per heavy atom. The highest BCUT2D eigenvalue weighted by Crippen LogP contribution is 2.17. The Kier molecular flexibility index (Phi) is 6.14. The molecule has 0 radical (unpaired) electrons. The van der Waals surface area contributed by atoms with Gasteiger partial charge in [0.1, 0.15) is 0 Å². The molecule has 1 aromatic carbocycles. The molecule has 0 saturated carbocycles. The molecule has 146 valence electrons. The molecule has 3 heterocycles. The first-order chi connectivity index (χ1) is 13.8. The predicted octanol–water partition coefficient (Wildman–Crippen LogP) is 3.12. The van der Waals surface area contributed by atoms with Crippen LogP contribution < -0.4 is 0 Å². The molecular weight excluding hydrogens is 372 g/mol. The highest BCUT2D eigenvalue weighted by molar-refractivity contribution is 7.09. The van der Waals surface area contributed by atoms with Crippen molar-refractivity contribution < 1.29 is 9.21 Å². The summed E-state index contributed by atoms with van der Waals surface area (Å²) < 4.78 is 5.77. The fourth-order valence-corrected chi connectivity index (χ4v) is 4.08. The van der Waals surface area contributed by atoms with Crippen molar-refractivity contribution in [3.63, 3.8) is 0 Å². The van der Waals surface area contributed by atoms with E-state index in [0.717, 1.165) is 51.1 Å². The molecule has 6 nitrogen and oxygen atoms in total. The molecule has 28 heavy (non-hydrogen) atoms. The number of piperazine rings is 1. The maximum absolute atomic E-state index is 12.4. The molecule has 0 atom stereocenters. The van der Waals surface area contributed by atoms with Crippen LogP contribution in [0.3, 0.4) is 0 Å². The van der Waals surface area contributed by atoms with Crippen LogP contribution in [0.5, 0.6) is 0 Å². The maximum Gasteiger partial charge on any atom is 0.247 e. The highest BCUT2D eigenvalue weighted by Gasteiger charge is 2.21.